The van der Waals surface area contributed by atoms with Gasteiger partial charge in [0.2, 0.25) is 5.91 Å². The number of phenols is 1. The van der Waals surface area contributed by atoms with E-state index in [9.17, 15) is 14.7 Å². The summed E-state index contributed by atoms with van der Waals surface area (Å²) in [6.07, 6.45) is 8.33. The Balaban J connectivity index is 1.52. The molecule has 5 nitrogen and oxygen atoms in total. The molecule has 5 heteroatoms. The molecule has 2 aromatic carbocycles. The molecule has 2 amide bonds. The number of benzene rings is 2. The van der Waals surface area contributed by atoms with Crippen molar-refractivity contribution < 1.29 is 14.7 Å². The van der Waals surface area contributed by atoms with Gasteiger partial charge >= 0.3 is 0 Å². The molecule has 0 radical (unpaired) electrons. The van der Waals surface area contributed by atoms with Gasteiger partial charge in [-0.25, -0.2) is 0 Å². The Morgan fingerprint density at radius 2 is 1.68 bits per heavy atom. The van der Waals surface area contributed by atoms with Crippen LogP contribution in [0.4, 0.5) is 0 Å². The van der Waals surface area contributed by atoms with Gasteiger partial charge in [-0.05, 0) is 37.1 Å². The lowest BCUT2D eigenvalue weighted by molar-refractivity contribution is -0.125. The Bertz CT molecular complexity index is 871. The van der Waals surface area contributed by atoms with Gasteiger partial charge in [0.05, 0.1) is 5.56 Å². The molecule has 2 fully saturated rings. The average Bonchev–Trinajstić information content (AvgIpc) is 3.07. The molecule has 2 aliphatic rings. The zero-order valence-electron chi connectivity index (χ0n) is 16.2. The van der Waals surface area contributed by atoms with Crippen LogP contribution in [0.2, 0.25) is 0 Å². The number of phenolic OH excluding ortho intramolecular Hbond substituents is 1. The molecule has 1 aliphatic heterocycles. The minimum Gasteiger partial charge on any atom is -0.506 e. The van der Waals surface area contributed by atoms with Crippen LogP contribution < -0.4 is 5.32 Å². The van der Waals surface area contributed by atoms with E-state index in [0.29, 0.717) is 18.4 Å². The van der Waals surface area contributed by atoms with Crippen molar-refractivity contribution in [2.24, 2.45) is 0 Å². The number of hydrogen-bond donors (Lipinski definition) is 2. The van der Waals surface area contributed by atoms with E-state index >= 15 is 0 Å². The van der Waals surface area contributed by atoms with E-state index < -0.39 is 6.04 Å². The number of aromatic hydroxyl groups is 1. The van der Waals surface area contributed by atoms with E-state index in [-0.39, 0.29) is 29.2 Å². The van der Waals surface area contributed by atoms with Crippen LogP contribution in [0.25, 0.3) is 10.8 Å². The van der Waals surface area contributed by atoms with Crippen molar-refractivity contribution in [1.82, 2.24) is 10.2 Å². The smallest absolute Gasteiger partial charge is 0.258 e. The van der Waals surface area contributed by atoms with E-state index in [1.807, 2.05) is 30.3 Å². The van der Waals surface area contributed by atoms with E-state index in [2.05, 4.69) is 5.32 Å². The van der Waals surface area contributed by atoms with Crippen molar-refractivity contribution in [3.63, 3.8) is 0 Å². The third-order valence-corrected chi connectivity index (χ3v) is 6.15. The highest BCUT2D eigenvalue weighted by Crippen LogP contribution is 2.31. The first-order chi connectivity index (χ1) is 13.6. The number of carbonyl (C=O) groups excluding carboxylic acids is 2. The third-order valence-electron chi connectivity index (χ3n) is 6.15. The Labute approximate surface area is 165 Å². The van der Waals surface area contributed by atoms with Gasteiger partial charge in [0.15, 0.2) is 0 Å². The second-order valence-corrected chi connectivity index (χ2v) is 8.04. The van der Waals surface area contributed by atoms with Gasteiger partial charge in [-0.15, -0.1) is 0 Å². The van der Waals surface area contributed by atoms with Crippen molar-refractivity contribution in [2.75, 3.05) is 6.54 Å². The molecule has 0 unspecified atom stereocenters. The van der Waals surface area contributed by atoms with Crippen LogP contribution in [0.1, 0.15) is 61.7 Å². The fraction of sp³-hybridized carbons (Fsp3) is 0.478. The summed E-state index contributed by atoms with van der Waals surface area (Å²) in [7, 11) is 0. The Morgan fingerprint density at radius 3 is 2.46 bits per heavy atom. The minimum absolute atomic E-state index is 0.00192. The lowest BCUT2D eigenvalue weighted by Crippen LogP contribution is -2.48. The Morgan fingerprint density at radius 1 is 0.929 bits per heavy atom. The maximum Gasteiger partial charge on any atom is 0.258 e. The highest BCUT2D eigenvalue weighted by atomic mass is 16.3. The molecule has 1 heterocycles. The number of hydrogen-bond acceptors (Lipinski definition) is 3. The van der Waals surface area contributed by atoms with Crippen LogP contribution in [-0.2, 0) is 4.79 Å². The van der Waals surface area contributed by atoms with Gasteiger partial charge in [0, 0.05) is 18.0 Å². The highest BCUT2D eigenvalue weighted by molar-refractivity contribution is 6.05. The summed E-state index contributed by atoms with van der Waals surface area (Å²) >= 11 is 0. The fourth-order valence-corrected chi connectivity index (χ4v) is 4.59. The summed E-state index contributed by atoms with van der Waals surface area (Å²) in [6.45, 7) is 0.549. The van der Waals surface area contributed by atoms with Gasteiger partial charge in [0.1, 0.15) is 11.8 Å². The standard InChI is InChI=1S/C23H28N2O3/c26-21-18-11-6-5-8-16(18)13-14-19(21)23(28)25-15-7-12-20(25)22(27)24-17-9-3-1-2-4-10-17/h5-6,8,11,13-14,17,20,26H,1-4,7,9-10,12,15H2,(H,24,27)/t20-/m0/s1. The van der Waals surface area contributed by atoms with Gasteiger partial charge in [-0.3, -0.25) is 9.59 Å². The van der Waals surface area contributed by atoms with Crippen LogP contribution in [0.15, 0.2) is 36.4 Å². The lowest BCUT2D eigenvalue weighted by atomic mass is 10.0. The number of nitrogens with one attached hydrogen (secondary N) is 1. The SMILES string of the molecule is O=C(NC1CCCCCC1)[C@@H]1CCCN1C(=O)c1ccc2ccccc2c1O. The van der Waals surface area contributed by atoms with Gasteiger partial charge in [-0.1, -0.05) is 56.0 Å². The normalized spacial score (nSPS) is 20.9. The summed E-state index contributed by atoms with van der Waals surface area (Å²) in [5.41, 5.74) is 0.271. The summed E-state index contributed by atoms with van der Waals surface area (Å²) in [4.78, 5) is 27.7. The van der Waals surface area contributed by atoms with Gasteiger partial charge in [-0.2, -0.15) is 0 Å². The van der Waals surface area contributed by atoms with E-state index in [0.717, 1.165) is 37.5 Å². The molecular weight excluding hydrogens is 352 g/mol. The molecule has 2 N–H and O–H groups in total. The molecule has 1 saturated heterocycles. The van der Waals surface area contributed by atoms with Gasteiger partial charge in [0.25, 0.3) is 5.91 Å². The molecule has 148 valence electrons. The number of amides is 2. The van der Waals surface area contributed by atoms with Crippen LogP contribution in [0, 0.1) is 0 Å². The van der Waals surface area contributed by atoms with Crippen LogP contribution >= 0.6 is 0 Å². The molecule has 2 aromatic rings. The zero-order valence-corrected chi connectivity index (χ0v) is 16.2. The highest BCUT2D eigenvalue weighted by Gasteiger charge is 2.36. The predicted molar refractivity (Wildman–Crippen MR) is 109 cm³/mol. The van der Waals surface area contributed by atoms with Crippen LogP contribution in [0.5, 0.6) is 5.75 Å². The number of nitrogens with zero attached hydrogens (tertiary/aromatic N) is 1. The van der Waals surface area contributed by atoms with Crippen molar-refractivity contribution in [3.05, 3.63) is 42.0 Å². The number of carbonyl (C=O) groups is 2. The molecule has 0 aromatic heterocycles. The zero-order chi connectivity index (χ0) is 19.5. The maximum absolute atomic E-state index is 13.2. The van der Waals surface area contributed by atoms with Crippen molar-refractivity contribution >= 4 is 22.6 Å². The van der Waals surface area contributed by atoms with E-state index in [1.165, 1.54) is 12.8 Å². The summed E-state index contributed by atoms with van der Waals surface area (Å²) in [6, 6.07) is 10.7. The Hall–Kier alpha value is -2.56. The Kier molecular flexibility index (Phi) is 5.51. The lowest BCUT2D eigenvalue weighted by Gasteiger charge is -2.26. The quantitative estimate of drug-likeness (QED) is 0.791. The predicted octanol–water partition coefficient (Wildman–Crippen LogP) is 3.99. The van der Waals surface area contributed by atoms with Crippen LogP contribution in [-0.4, -0.2) is 40.4 Å². The maximum atomic E-state index is 13.2. The average molecular weight is 380 g/mol. The summed E-state index contributed by atoms with van der Waals surface area (Å²) in [5.74, 6) is -0.308. The summed E-state index contributed by atoms with van der Waals surface area (Å²) in [5, 5.41) is 15.4. The molecule has 1 atom stereocenters. The molecule has 4 rings (SSSR count). The second kappa shape index (κ2) is 8.21. The molecular formula is C23H28N2O3. The molecule has 0 bridgehead atoms. The summed E-state index contributed by atoms with van der Waals surface area (Å²) < 4.78 is 0. The first-order valence-corrected chi connectivity index (χ1v) is 10.5. The van der Waals surface area contributed by atoms with Gasteiger partial charge < -0.3 is 15.3 Å². The topological polar surface area (TPSA) is 69.6 Å². The van der Waals surface area contributed by atoms with E-state index in [4.69, 9.17) is 0 Å². The van der Waals surface area contributed by atoms with Crippen LogP contribution in [0.3, 0.4) is 0 Å². The van der Waals surface area contributed by atoms with E-state index in [1.54, 1.807) is 11.0 Å². The molecule has 1 saturated carbocycles. The second-order valence-electron chi connectivity index (χ2n) is 8.04. The fourth-order valence-electron chi connectivity index (χ4n) is 4.59. The first-order valence-electron chi connectivity index (χ1n) is 10.5. The molecule has 28 heavy (non-hydrogen) atoms. The monoisotopic (exact) mass is 380 g/mol. The number of rotatable bonds is 3. The number of likely N-dealkylation sites (tertiary alicyclic amines) is 1. The largest absolute Gasteiger partial charge is 0.506 e. The minimum atomic E-state index is -0.443. The molecule has 1 aliphatic carbocycles. The van der Waals surface area contributed by atoms with Crippen molar-refractivity contribution in [3.8, 4) is 5.75 Å². The molecule has 0 spiro atoms. The third kappa shape index (κ3) is 3.71. The van der Waals surface area contributed by atoms with Crippen molar-refractivity contribution in [1.29, 1.82) is 0 Å². The van der Waals surface area contributed by atoms with Crippen molar-refractivity contribution in [2.45, 2.75) is 63.5 Å². The first kappa shape index (κ1) is 18.8. The number of fused-ring (bicyclic) bond motifs is 1.